The van der Waals surface area contributed by atoms with Gasteiger partial charge in [-0.1, -0.05) is 31.4 Å². The van der Waals surface area contributed by atoms with E-state index in [2.05, 4.69) is 26.6 Å². The summed E-state index contributed by atoms with van der Waals surface area (Å²) in [6, 6.07) is 7.34. The monoisotopic (exact) mass is 579 g/mol. The average molecular weight is 580 g/mol. The third-order valence-corrected chi connectivity index (χ3v) is 7.72. The zero-order chi connectivity index (χ0) is 29.7. The van der Waals surface area contributed by atoms with E-state index in [4.69, 9.17) is 6.42 Å². The zero-order valence-corrected chi connectivity index (χ0v) is 23.3. The predicted molar refractivity (Wildman–Crippen MR) is 147 cm³/mol. The van der Waals surface area contributed by atoms with Crippen molar-refractivity contribution in [3.63, 3.8) is 0 Å². The number of aliphatic hydroxyl groups is 1. The third-order valence-electron chi connectivity index (χ3n) is 5.97. The Bertz CT molecular complexity index is 1280. The van der Waals surface area contributed by atoms with Gasteiger partial charge in [-0.05, 0) is 48.2 Å². The number of aliphatic hydroxyl groups excluding tert-OH is 1. The fourth-order valence-corrected chi connectivity index (χ4v) is 5.55. The Balaban J connectivity index is 2.23. The van der Waals surface area contributed by atoms with Gasteiger partial charge in [0.25, 0.3) is 0 Å². The molecule has 0 spiro atoms. The number of hydrogen-bond donors (Lipinski definition) is 4. The second kappa shape index (κ2) is 15.9. The first-order valence-corrected chi connectivity index (χ1v) is 14.5. The Kier molecular flexibility index (Phi) is 13.0. The first kappa shape index (κ1) is 32.7. The highest BCUT2D eigenvalue weighted by molar-refractivity contribution is 7.91. The van der Waals surface area contributed by atoms with Crippen molar-refractivity contribution < 1.29 is 36.6 Å². The van der Waals surface area contributed by atoms with Crippen LogP contribution in [0.15, 0.2) is 42.5 Å². The number of unbranched alkanes of at least 4 members (excludes halogenated alkanes) is 1. The van der Waals surface area contributed by atoms with Crippen molar-refractivity contribution in [3.8, 4) is 12.3 Å². The summed E-state index contributed by atoms with van der Waals surface area (Å²) in [5.74, 6) is -0.942. The summed E-state index contributed by atoms with van der Waals surface area (Å²) in [7, 11) is -2.68. The molecular weight excluding hydrogens is 544 g/mol. The Morgan fingerprint density at radius 3 is 2.42 bits per heavy atom. The number of carbonyl (C=O) groups is 2. The number of carbonyl (C=O) groups excluding carboxylic acids is 2. The molecule has 0 radical (unpaired) electrons. The van der Waals surface area contributed by atoms with Crippen LogP contribution in [-0.2, 0) is 32.3 Å². The maximum Gasteiger partial charge on any atom is 0.407 e. The second-order valence-corrected chi connectivity index (χ2v) is 11.5. The van der Waals surface area contributed by atoms with Crippen LogP contribution in [0.3, 0.4) is 0 Å². The standard InChI is InChI=1S/C28H35F2N3O6S/c1-4-6-10-40(37,38)18-25(33-28(36)39-3)27(35)32-24(14-21-12-22(29)15-23(30)13-21)26(34)17-31-16-20-9-7-8-19(5-2)11-20/h2,7-9,11-13,15,24-26,31,34H,4,6,10,14,16-18H2,1,3H3,(H,32,35)(H,33,36)/t24-,25+,26+/m0/s1. The van der Waals surface area contributed by atoms with Crippen molar-refractivity contribution in [3.05, 3.63) is 70.8 Å². The van der Waals surface area contributed by atoms with Gasteiger partial charge in [-0.2, -0.15) is 0 Å². The molecule has 4 N–H and O–H groups in total. The van der Waals surface area contributed by atoms with Gasteiger partial charge in [-0.3, -0.25) is 4.79 Å². The van der Waals surface area contributed by atoms with Crippen LogP contribution in [0, 0.1) is 24.0 Å². The van der Waals surface area contributed by atoms with Gasteiger partial charge < -0.3 is 25.8 Å². The Morgan fingerprint density at radius 2 is 1.80 bits per heavy atom. The lowest BCUT2D eigenvalue weighted by Crippen LogP contribution is -2.56. The minimum atomic E-state index is -3.74. The number of amides is 2. The van der Waals surface area contributed by atoms with Crippen LogP contribution in [0.2, 0.25) is 0 Å². The fraction of sp³-hybridized carbons (Fsp3) is 0.429. The molecule has 0 unspecified atom stereocenters. The molecule has 0 saturated heterocycles. The molecule has 40 heavy (non-hydrogen) atoms. The molecule has 0 bridgehead atoms. The molecule has 12 heteroatoms. The van der Waals surface area contributed by atoms with Crippen LogP contribution < -0.4 is 16.0 Å². The summed E-state index contributed by atoms with van der Waals surface area (Å²) in [4.78, 5) is 25.1. The molecule has 2 rings (SSSR count). The van der Waals surface area contributed by atoms with Crippen LogP contribution in [0.5, 0.6) is 0 Å². The fourth-order valence-electron chi connectivity index (χ4n) is 3.91. The lowest BCUT2D eigenvalue weighted by Gasteiger charge is -2.27. The summed E-state index contributed by atoms with van der Waals surface area (Å²) >= 11 is 0. The Hall–Kier alpha value is -3.53. The van der Waals surface area contributed by atoms with Crippen molar-refractivity contribution in [2.24, 2.45) is 0 Å². The lowest BCUT2D eigenvalue weighted by atomic mass is 10.00. The molecule has 0 aliphatic rings. The van der Waals surface area contributed by atoms with E-state index in [1.54, 1.807) is 18.2 Å². The highest BCUT2D eigenvalue weighted by Gasteiger charge is 2.31. The van der Waals surface area contributed by atoms with Crippen LogP contribution >= 0.6 is 0 Å². The van der Waals surface area contributed by atoms with E-state index < -0.39 is 57.4 Å². The van der Waals surface area contributed by atoms with Crippen molar-refractivity contribution in [2.75, 3.05) is 25.2 Å². The van der Waals surface area contributed by atoms with Crippen LogP contribution in [0.25, 0.3) is 0 Å². The van der Waals surface area contributed by atoms with Gasteiger partial charge in [-0.25, -0.2) is 22.0 Å². The SMILES string of the molecule is C#Cc1cccc(CNC[C@@H](O)[C@H](Cc2cc(F)cc(F)c2)NC(=O)[C@@H](CS(=O)(=O)CCCC)NC(=O)OC)c1. The van der Waals surface area contributed by atoms with E-state index in [9.17, 15) is 31.9 Å². The van der Waals surface area contributed by atoms with Gasteiger partial charge in [0.1, 0.15) is 17.7 Å². The quantitative estimate of drug-likeness (QED) is 0.238. The van der Waals surface area contributed by atoms with Crippen molar-refractivity contribution in [1.29, 1.82) is 0 Å². The number of terminal acetylenes is 1. The molecule has 0 saturated carbocycles. The topological polar surface area (TPSA) is 134 Å². The van der Waals surface area contributed by atoms with Crippen LogP contribution in [0.4, 0.5) is 13.6 Å². The van der Waals surface area contributed by atoms with Crippen molar-refractivity contribution in [2.45, 2.75) is 50.9 Å². The molecule has 0 aliphatic heterocycles. The summed E-state index contributed by atoms with van der Waals surface area (Å²) in [6.07, 6.45) is 3.92. The maximum atomic E-state index is 13.8. The van der Waals surface area contributed by atoms with Crippen molar-refractivity contribution in [1.82, 2.24) is 16.0 Å². The normalized spacial score (nSPS) is 13.5. The van der Waals surface area contributed by atoms with E-state index in [1.807, 2.05) is 13.0 Å². The zero-order valence-electron chi connectivity index (χ0n) is 22.5. The maximum absolute atomic E-state index is 13.8. The Labute approximate surface area is 233 Å². The lowest BCUT2D eigenvalue weighted by molar-refractivity contribution is -0.124. The van der Waals surface area contributed by atoms with E-state index >= 15 is 0 Å². The van der Waals surface area contributed by atoms with E-state index in [1.165, 1.54) is 0 Å². The first-order chi connectivity index (χ1) is 19.0. The number of nitrogens with one attached hydrogen (secondary N) is 3. The average Bonchev–Trinajstić information content (AvgIpc) is 2.90. The van der Waals surface area contributed by atoms with Gasteiger partial charge >= 0.3 is 6.09 Å². The summed E-state index contributed by atoms with van der Waals surface area (Å²) in [5.41, 5.74) is 1.67. The number of benzene rings is 2. The van der Waals surface area contributed by atoms with Gasteiger partial charge in [0.2, 0.25) is 5.91 Å². The van der Waals surface area contributed by atoms with E-state index in [0.717, 1.165) is 24.8 Å². The van der Waals surface area contributed by atoms with Crippen LogP contribution in [0.1, 0.15) is 36.5 Å². The molecule has 0 fully saturated rings. The Morgan fingerprint density at radius 1 is 1.10 bits per heavy atom. The number of rotatable bonds is 15. The van der Waals surface area contributed by atoms with Gasteiger partial charge in [0.15, 0.2) is 9.84 Å². The predicted octanol–water partition coefficient (Wildman–Crippen LogP) is 2.06. The molecule has 0 aromatic heterocycles. The van der Waals surface area contributed by atoms with Crippen LogP contribution in [-0.4, -0.2) is 68.9 Å². The highest BCUT2D eigenvalue weighted by atomic mass is 32.2. The number of hydrogen-bond acceptors (Lipinski definition) is 7. The largest absolute Gasteiger partial charge is 0.453 e. The number of sulfone groups is 1. The van der Waals surface area contributed by atoms with E-state index in [-0.39, 0.29) is 24.3 Å². The molecule has 9 nitrogen and oxygen atoms in total. The number of alkyl carbamates (subject to hydrolysis) is 1. The minimum absolute atomic E-state index is 0.0487. The molecule has 2 aromatic carbocycles. The number of halogens is 2. The van der Waals surface area contributed by atoms with Gasteiger partial charge in [-0.15, -0.1) is 6.42 Å². The van der Waals surface area contributed by atoms with Gasteiger partial charge in [0, 0.05) is 24.7 Å². The number of ether oxygens (including phenoxy) is 1. The first-order valence-electron chi connectivity index (χ1n) is 12.7. The molecule has 0 heterocycles. The summed E-state index contributed by atoms with van der Waals surface area (Å²) in [6.45, 7) is 2.09. The third kappa shape index (κ3) is 11.3. The smallest absolute Gasteiger partial charge is 0.407 e. The van der Waals surface area contributed by atoms with E-state index in [0.29, 0.717) is 31.0 Å². The molecular formula is C28H35F2N3O6S. The molecule has 218 valence electrons. The molecule has 2 aromatic rings. The molecule has 3 atom stereocenters. The highest BCUT2D eigenvalue weighted by Crippen LogP contribution is 2.13. The molecule has 0 aliphatic carbocycles. The summed E-state index contributed by atoms with van der Waals surface area (Å²) < 4.78 is 57.3. The molecule has 2 amide bonds. The van der Waals surface area contributed by atoms with Gasteiger partial charge in [0.05, 0.1) is 30.8 Å². The van der Waals surface area contributed by atoms with Crippen molar-refractivity contribution >= 4 is 21.8 Å². The summed E-state index contributed by atoms with van der Waals surface area (Å²) in [5, 5.41) is 18.8. The number of methoxy groups -OCH3 is 1. The second-order valence-electron chi connectivity index (χ2n) is 9.30. The minimum Gasteiger partial charge on any atom is -0.453 e.